The van der Waals surface area contributed by atoms with Crippen molar-refractivity contribution in [3.8, 4) is 0 Å². The molecule has 0 aromatic carbocycles. The molecular formula is C10H15BrN4O. The van der Waals surface area contributed by atoms with Gasteiger partial charge < -0.3 is 16.2 Å². The lowest BCUT2D eigenvalue weighted by atomic mass is 10.0. The Hall–Kier alpha value is -0.880. The van der Waals surface area contributed by atoms with Gasteiger partial charge in [0.15, 0.2) is 0 Å². The first-order valence-corrected chi connectivity index (χ1v) is 6.12. The first-order valence-electron chi connectivity index (χ1n) is 5.33. The van der Waals surface area contributed by atoms with E-state index in [9.17, 15) is 5.11 Å². The third kappa shape index (κ3) is 2.44. The molecule has 2 rings (SSSR count). The molecule has 16 heavy (non-hydrogen) atoms. The van der Waals surface area contributed by atoms with Crippen LogP contribution in [0, 0.1) is 0 Å². The molecule has 0 amide bonds. The Labute approximate surface area is 103 Å². The van der Waals surface area contributed by atoms with Gasteiger partial charge in [0.05, 0.1) is 5.60 Å². The molecule has 1 heterocycles. The largest absolute Gasteiger partial charge is 0.388 e. The Morgan fingerprint density at radius 1 is 1.44 bits per heavy atom. The number of rotatable bonds is 3. The highest BCUT2D eigenvalue weighted by Crippen LogP contribution is 2.31. The van der Waals surface area contributed by atoms with Crippen molar-refractivity contribution in [3.05, 3.63) is 10.8 Å². The fraction of sp³-hybridized carbons (Fsp3) is 0.600. The van der Waals surface area contributed by atoms with Crippen LogP contribution in [0.2, 0.25) is 0 Å². The lowest BCUT2D eigenvalue weighted by Crippen LogP contribution is -2.33. The molecule has 6 heteroatoms. The highest BCUT2D eigenvalue weighted by atomic mass is 79.9. The van der Waals surface area contributed by atoms with Gasteiger partial charge in [-0.1, -0.05) is 12.8 Å². The number of halogens is 1. The summed E-state index contributed by atoms with van der Waals surface area (Å²) < 4.78 is 0.650. The summed E-state index contributed by atoms with van der Waals surface area (Å²) in [6, 6.07) is 0. The van der Waals surface area contributed by atoms with Gasteiger partial charge in [0.2, 0.25) is 0 Å². The minimum absolute atomic E-state index is 0.399. The molecule has 0 aliphatic heterocycles. The van der Waals surface area contributed by atoms with E-state index in [1.54, 1.807) is 0 Å². The summed E-state index contributed by atoms with van der Waals surface area (Å²) in [4.78, 5) is 7.92. The molecular weight excluding hydrogens is 272 g/mol. The molecule has 0 saturated heterocycles. The van der Waals surface area contributed by atoms with Crippen LogP contribution in [0.4, 0.5) is 11.6 Å². The number of hydrogen-bond acceptors (Lipinski definition) is 5. The van der Waals surface area contributed by atoms with Crippen molar-refractivity contribution in [1.82, 2.24) is 9.97 Å². The Kier molecular flexibility index (Phi) is 3.30. The Balaban J connectivity index is 2.02. The van der Waals surface area contributed by atoms with Gasteiger partial charge in [-0.3, -0.25) is 0 Å². The van der Waals surface area contributed by atoms with Crippen LogP contribution in [-0.4, -0.2) is 27.2 Å². The number of hydrogen-bond donors (Lipinski definition) is 3. The number of nitrogens with two attached hydrogens (primary N) is 1. The molecule has 1 aliphatic rings. The van der Waals surface area contributed by atoms with Gasteiger partial charge in [-0.2, -0.15) is 0 Å². The second-order valence-electron chi connectivity index (χ2n) is 4.21. The van der Waals surface area contributed by atoms with Crippen molar-refractivity contribution in [2.75, 3.05) is 17.6 Å². The third-order valence-electron chi connectivity index (χ3n) is 2.94. The zero-order valence-electron chi connectivity index (χ0n) is 8.91. The van der Waals surface area contributed by atoms with Crippen molar-refractivity contribution < 1.29 is 5.11 Å². The molecule has 0 unspecified atom stereocenters. The van der Waals surface area contributed by atoms with Crippen molar-refractivity contribution in [2.45, 2.75) is 31.3 Å². The van der Waals surface area contributed by atoms with E-state index < -0.39 is 5.60 Å². The summed E-state index contributed by atoms with van der Waals surface area (Å²) in [6.07, 6.45) is 5.27. The van der Waals surface area contributed by atoms with Gasteiger partial charge in [-0.15, -0.1) is 0 Å². The highest BCUT2D eigenvalue weighted by Gasteiger charge is 2.30. The summed E-state index contributed by atoms with van der Waals surface area (Å²) in [6.45, 7) is 0.502. The monoisotopic (exact) mass is 286 g/mol. The molecule has 88 valence electrons. The molecule has 0 atom stereocenters. The quantitative estimate of drug-likeness (QED) is 0.785. The number of nitrogens with one attached hydrogen (secondary N) is 1. The first-order chi connectivity index (χ1) is 7.61. The van der Waals surface area contributed by atoms with Crippen LogP contribution >= 0.6 is 15.9 Å². The standard InChI is InChI=1S/C10H15BrN4O/c11-7-8(12)14-6-15-9(7)13-5-10(16)3-1-2-4-10/h6,16H,1-5H2,(H3,12,13,14,15). The van der Waals surface area contributed by atoms with Crippen LogP contribution in [0.15, 0.2) is 10.8 Å². The lowest BCUT2D eigenvalue weighted by molar-refractivity contribution is 0.0614. The molecule has 0 radical (unpaired) electrons. The molecule has 1 saturated carbocycles. The molecule has 0 bridgehead atoms. The molecule has 0 spiro atoms. The van der Waals surface area contributed by atoms with Gasteiger partial charge in [0.25, 0.3) is 0 Å². The van der Waals surface area contributed by atoms with Crippen molar-refractivity contribution in [3.63, 3.8) is 0 Å². The Morgan fingerprint density at radius 2 is 2.12 bits per heavy atom. The van der Waals surface area contributed by atoms with Crippen molar-refractivity contribution >= 4 is 27.6 Å². The van der Waals surface area contributed by atoms with Crippen LogP contribution in [0.25, 0.3) is 0 Å². The average Bonchev–Trinajstić information content (AvgIpc) is 2.68. The first kappa shape index (κ1) is 11.6. The molecule has 4 N–H and O–H groups in total. The van der Waals surface area contributed by atoms with E-state index in [2.05, 4.69) is 31.2 Å². The maximum atomic E-state index is 10.2. The van der Waals surface area contributed by atoms with Gasteiger partial charge in [0, 0.05) is 6.54 Å². The third-order valence-corrected chi connectivity index (χ3v) is 3.72. The van der Waals surface area contributed by atoms with Crippen LogP contribution in [0.5, 0.6) is 0 Å². The van der Waals surface area contributed by atoms with Crippen LogP contribution in [-0.2, 0) is 0 Å². The fourth-order valence-corrected chi connectivity index (χ4v) is 2.31. The van der Waals surface area contributed by atoms with Gasteiger partial charge in [0.1, 0.15) is 22.4 Å². The smallest absolute Gasteiger partial charge is 0.146 e. The predicted octanol–water partition coefficient (Wildman–Crippen LogP) is 1.54. The maximum Gasteiger partial charge on any atom is 0.146 e. The SMILES string of the molecule is Nc1ncnc(NCC2(O)CCCC2)c1Br. The molecule has 1 aliphatic carbocycles. The van der Waals surface area contributed by atoms with Gasteiger partial charge >= 0.3 is 0 Å². The second-order valence-corrected chi connectivity index (χ2v) is 5.00. The minimum Gasteiger partial charge on any atom is -0.388 e. The van der Waals surface area contributed by atoms with E-state index in [0.717, 1.165) is 25.7 Å². The number of anilines is 2. The number of aromatic nitrogens is 2. The molecule has 1 aromatic heterocycles. The van der Waals surface area contributed by atoms with E-state index in [1.807, 2.05) is 0 Å². The van der Waals surface area contributed by atoms with E-state index in [1.165, 1.54) is 6.33 Å². The van der Waals surface area contributed by atoms with E-state index in [4.69, 9.17) is 5.73 Å². The second kappa shape index (κ2) is 4.55. The average molecular weight is 287 g/mol. The summed E-state index contributed by atoms with van der Waals surface area (Å²) in [7, 11) is 0. The number of aliphatic hydroxyl groups is 1. The molecule has 1 aromatic rings. The maximum absolute atomic E-state index is 10.2. The number of nitrogens with zero attached hydrogens (tertiary/aromatic N) is 2. The fourth-order valence-electron chi connectivity index (χ4n) is 1.96. The van der Waals surface area contributed by atoms with Crippen molar-refractivity contribution in [1.29, 1.82) is 0 Å². The lowest BCUT2D eigenvalue weighted by Gasteiger charge is -2.22. The van der Waals surface area contributed by atoms with Crippen LogP contribution in [0.3, 0.4) is 0 Å². The van der Waals surface area contributed by atoms with E-state index in [0.29, 0.717) is 22.7 Å². The summed E-state index contributed by atoms with van der Waals surface area (Å²) in [5, 5.41) is 13.3. The highest BCUT2D eigenvalue weighted by molar-refractivity contribution is 9.10. The summed E-state index contributed by atoms with van der Waals surface area (Å²) >= 11 is 3.31. The Bertz CT molecular complexity index is 379. The van der Waals surface area contributed by atoms with E-state index >= 15 is 0 Å². The molecule has 1 fully saturated rings. The normalized spacial score (nSPS) is 18.6. The topological polar surface area (TPSA) is 84.1 Å². The summed E-state index contributed by atoms with van der Waals surface area (Å²) in [5.74, 6) is 1.03. The predicted molar refractivity (Wildman–Crippen MR) is 66.1 cm³/mol. The van der Waals surface area contributed by atoms with Gasteiger partial charge in [-0.25, -0.2) is 9.97 Å². The zero-order chi connectivity index (χ0) is 11.6. The Morgan fingerprint density at radius 3 is 2.81 bits per heavy atom. The molecule has 5 nitrogen and oxygen atoms in total. The zero-order valence-corrected chi connectivity index (χ0v) is 10.5. The number of nitrogen functional groups attached to an aromatic ring is 1. The van der Waals surface area contributed by atoms with Crippen LogP contribution in [0.1, 0.15) is 25.7 Å². The summed E-state index contributed by atoms with van der Waals surface area (Å²) in [5.41, 5.74) is 5.04. The van der Waals surface area contributed by atoms with E-state index in [-0.39, 0.29) is 0 Å². The minimum atomic E-state index is -0.598. The van der Waals surface area contributed by atoms with Gasteiger partial charge in [-0.05, 0) is 28.8 Å². The van der Waals surface area contributed by atoms with Crippen molar-refractivity contribution in [2.24, 2.45) is 0 Å². The van der Waals surface area contributed by atoms with Crippen LogP contribution < -0.4 is 11.1 Å².